The van der Waals surface area contributed by atoms with Crippen LogP contribution in [0.25, 0.3) is 0 Å². The molecule has 2 unspecified atom stereocenters. The molecule has 1 N–H and O–H groups in total. The maximum atomic E-state index is 12.5. The number of hydrogen-bond acceptors (Lipinski definition) is 3. The van der Waals surface area contributed by atoms with Crippen LogP contribution in [-0.4, -0.2) is 60.0 Å². The van der Waals surface area contributed by atoms with Gasteiger partial charge in [-0.25, -0.2) is 0 Å². The maximum Gasteiger partial charge on any atom is 0.239 e. The Balaban J connectivity index is 1.90. The van der Waals surface area contributed by atoms with E-state index in [4.69, 9.17) is 0 Å². The van der Waals surface area contributed by atoms with Crippen molar-refractivity contribution >= 4 is 5.91 Å². The summed E-state index contributed by atoms with van der Waals surface area (Å²) < 4.78 is 0. The smallest absolute Gasteiger partial charge is 0.239 e. The standard InChI is InChI=1S/C15H29N3O/c1-4-17-9-5-7-13(17)11-18-10-6-8-14(15(18)19)16-12(2)3/h12-14,16H,4-11H2,1-3H3. The normalized spacial score (nSPS) is 29.5. The molecule has 0 aromatic rings. The van der Waals surface area contributed by atoms with Crippen LogP contribution in [0.3, 0.4) is 0 Å². The Morgan fingerprint density at radius 2 is 2.00 bits per heavy atom. The lowest BCUT2D eigenvalue weighted by atomic mass is 10.0. The van der Waals surface area contributed by atoms with E-state index in [-0.39, 0.29) is 6.04 Å². The summed E-state index contributed by atoms with van der Waals surface area (Å²) in [6.07, 6.45) is 4.67. The molecule has 2 rings (SSSR count). The molecule has 19 heavy (non-hydrogen) atoms. The van der Waals surface area contributed by atoms with E-state index in [1.54, 1.807) is 0 Å². The SMILES string of the molecule is CCN1CCCC1CN1CCCC(NC(C)C)C1=O. The van der Waals surface area contributed by atoms with E-state index < -0.39 is 0 Å². The minimum absolute atomic E-state index is 0.0465. The van der Waals surface area contributed by atoms with Crippen LogP contribution < -0.4 is 5.32 Å². The van der Waals surface area contributed by atoms with Gasteiger partial charge in [-0.2, -0.15) is 0 Å². The van der Waals surface area contributed by atoms with Crippen molar-refractivity contribution in [1.29, 1.82) is 0 Å². The number of piperidine rings is 1. The summed E-state index contributed by atoms with van der Waals surface area (Å²) in [5.41, 5.74) is 0. The second-order valence-electron chi connectivity index (χ2n) is 6.23. The average Bonchev–Trinajstić information content (AvgIpc) is 2.81. The quantitative estimate of drug-likeness (QED) is 0.819. The van der Waals surface area contributed by atoms with Crippen molar-refractivity contribution in [3.8, 4) is 0 Å². The molecule has 4 heteroatoms. The summed E-state index contributed by atoms with van der Waals surface area (Å²) in [5.74, 6) is 0.322. The molecule has 0 spiro atoms. The van der Waals surface area contributed by atoms with Crippen molar-refractivity contribution in [1.82, 2.24) is 15.1 Å². The first kappa shape index (κ1) is 14.8. The van der Waals surface area contributed by atoms with Gasteiger partial charge in [-0.05, 0) is 38.8 Å². The van der Waals surface area contributed by atoms with E-state index in [0.717, 1.165) is 32.5 Å². The molecule has 1 amide bonds. The molecule has 2 atom stereocenters. The number of hydrogen-bond donors (Lipinski definition) is 1. The van der Waals surface area contributed by atoms with Gasteiger partial charge in [0.15, 0.2) is 0 Å². The summed E-state index contributed by atoms with van der Waals surface area (Å²) in [6.45, 7) is 10.6. The van der Waals surface area contributed by atoms with Crippen LogP contribution in [0.5, 0.6) is 0 Å². The Morgan fingerprint density at radius 3 is 2.68 bits per heavy atom. The molecule has 110 valence electrons. The zero-order chi connectivity index (χ0) is 13.8. The molecule has 0 bridgehead atoms. The minimum Gasteiger partial charge on any atom is -0.340 e. The lowest BCUT2D eigenvalue weighted by molar-refractivity contribution is -0.136. The molecule has 0 aliphatic carbocycles. The third-order valence-corrected chi connectivity index (χ3v) is 4.40. The molecular formula is C15H29N3O. The number of rotatable bonds is 5. The highest BCUT2D eigenvalue weighted by Crippen LogP contribution is 2.20. The molecule has 0 radical (unpaired) electrons. The highest BCUT2D eigenvalue weighted by molar-refractivity contribution is 5.82. The van der Waals surface area contributed by atoms with Gasteiger partial charge in [0, 0.05) is 25.2 Å². The van der Waals surface area contributed by atoms with Crippen molar-refractivity contribution in [3.05, 3.63) is 0 Å². The van der Waals surface area contributed by atoms with Crippen LogP contribution in [0, 0.1) is 0 Å². The Hall–Kier alpha value is -0.610. The molecule has 0 aromatic heterocycles. The molecule has 2 saturated heterocycles. The Bertz CT molecular complexity index is 306. The van der Waals surface area contributed by atoms with Gasteiger partial charge in [-0.1, -0.05) is 20.8 Å². The van der Waals surface area contributed by atoms with Gasteiger partial charge < -0.3 is 10.2 Å². The van der Waals surface area contributed by atoms with Crippen LogP contribution in [0.1, 0.15) is 46.5 Å². The fraction of sp³-hybridized carbons (Fsp3) is 0.933. The van der Waals surface area contributed by atoms with Crippen molar-refractivity contribution in [2.24, 2.45) is 0 Å². The number of amides is 1. The number of carbonyl (C=O) groups excluding carboxylic acids is 1. The van der Waals surface area contributed by atoms with Crippen molar-refractivity contribution in [2.75, 3.05) is 26.2 Å². The van der Waals surface area contributed by atoms with E-state index in [2.05, 4.69) is 35.9 Å². The fourth-order valence-corrected chi connectivity index (χ4v) is 3.45. The van der Waals surface area contributed by atoms with E-state index in [1.807, 2.05) is 0 Å². The summed E-state index contributed by atoms with van der Waals surface area (Å²) in [5, 5.41) is 3.41. The molecule has 4 nitrogen and oxygen atoms in total. The summed E-state index contributed by atoms with van der Waals surface area (Å²) in [4.78, 5) is 17.1. The molecule has 2 aliphatic rings. The zero-order valence-electron chi connectivity index (χ0n) is 12.7. The molecule has 0 aromatic carbocycles. The van der Waals surface area contributed by atoms with Gasteiger partial charge in [0.1, 0.15) is 0 Å². The van der Waals surface area contributed by atoms with Crippen molar-refractivity contribution < 1.29 is 4.79 Å². The largest absolute Gasteiger partial charge is 0.340 e. The molecule has 2 fully saturated rings. The van der Waals surface area contributed by atoms with Gasteiger partial charge in [-0.15, -0.1) is 0 Å². The number of likely N-dealkylation sites (N-methyl/N-ethyl adjacent to an activating group) is 1. The summed E-state index contributed by atoms with van der Waals surface area (Å²) in [6, 6.07) is 1.02. The van der Waals surface area contributed by atoms with Crippen molar-refractivity contribution in [3.63, 3.8) is 0 Å². The van der Waals surface area contributed by atoms with E-state index in [1.165, 1.54) is 19.4 Å². The van der Waals surface area contributed by atoms with Crippen LogP contribution in [0.4, 0.5) is 0 Å². The van der Waals surface area contributed by atoms with Crippen LogP contribution in [0.2, 0.25) is 0 Å². The first-order chi connectivity index (χ1) is 9.11. The molecular weight excluding hydrogens is 238 g/mol. The minimum atomic E-state index is 0.0465. The van der Waals surface area contributed by atoms with Crippen LogP contribution in [0.15, 0.2) is 0 Å². The lowest BCUT2D eigenvalue weighted by Gasteiger charge is -2.36. The number of likely N-dealkylation sites (tertiary alicyclic amines) is 2. The van der Waals surface area contributed by atoms with Gasteiger partial charge in [-0.3, -0.25) is 9.69 Å². The van der Waals surface area contributed by atoms with E-state index >= 15 is 0 Å². The number of nitrogens with one attached hydrogen (secondary N) is 1. The van der Waals surface area contributed by atoms with Gasteiger partial charge in [0.2, 0.25) is 5.91 Å². The number of carbonyl (C=O) groups is 1. The predicted molar refractivity (Wildman–Crippen MR) is 78.1 cm³/mol. The fourth-order valence-electron chi connectivity index (χ4n) is 3.45. The Morgan fingerprint density at radius 1 is 1.26 bits per heavy atom. The number of nitrogens with zero attached hydrogens (tertiary/aromatic N) is 2. The summed E-state index contributed by atoms with van der Waals surface area (Å²) >= 11 is 0. The highest BCUT2D eigenvalue weighted by Gasteiger charge is 2.32. The Kier molecular flexibility index (Phi) is 5.22. The molecule has 2 aliphatic heterocycles. The van der Waals surface area contributed by atoms with Crippen LogP contribution >= 0.6 is 0 Å². The van der Waals surface area contributed by atoms with E-state index in [0.29, 0.717) is 18.0 Å². The predicted octanol–water partition coefficient (Wildman–Crippen LogP) is 1.46. The van der Waals surface area contributed by atoms with Gasteiger partial charge in [0.05, 0.1) is 6.04 Å². The summed E-state index contributed by atoms with van der Waals surface area (Å²) in [7, 11) is 0. The average molecular weight is 267 g/mol. The third-order valence-electron chi connectivity index (χ3n) is 4.40. The third kappa shape index (κ3) is 3.69. The zero-order valence-corrected chi connectivity index (χ0v) is 12.7. The topological polar surface area (TPSA) is 35.6 Å². The second kappa shape index (κ2) is 6.71. The Labute approximate surface area is 117 Å². The lowest BCUT2D eigenvalue weighted by Crippen LogP contribution is -2.54. The first-order valence-electron chi connectivity index (χ1n) is 7.90. The van der Waals surface area contributed by atoms with Gasteiger partial charge >= 0.3 is 0 Å². The molecule has 2 heterocycles. The molecule has 0 saturated carbocycles. The van der Waals surface area contributed by atoms with Crippen molar-refractivity contribution in [2.45, 2.75) is 64.6 Å². The van der Waals surface area contributed by atoms with E-state index in [9.17, 15) is 4.79 Å². The maximum absolute atomic E-state index is 12.5. The first-order valence-corrected chi connectivity index (χ1v) is 7.90. The monoisotopic (exact) mass is 267 g/mol. The van der Waals surface area contributed by atoms with Crippen LogP contribution in [-0.2, 0) is 4.79 Å². The second-order valence-corrected chi connectivity index (χ2v) is 6.23. The van der Waals surface area contributed by atoms with Gasteiger partial charge in [0.25, 0.3) is 0 Å². The highest BCUT2D eigenvalue weighted by atomic mass is 16.2.